The van der Waals surface area contributed by atoms with Gasteiger partial charge in [0.1, 0.15) is 11.5 Å². The summed E-state index contributed by atoms with van der Waals surface area (Å²) in [6.07, 6.45) is 3.67. The van der Waals surface area contributed by atoms with E-state index in [-0.39, 0.29) is 12.3 Å². The lowest BCUT2D eigenvalue weighted by Gasteiger charge is -2.15. The molecule has 2 N–H and O–H groups in total. The lowest BCUT2D eigenvalue weighted by Crippen LogP contribution is -2.38. The van der Waals surface area contributed by atoms with Crippen molar-refractivity contribution in [1.82, 2.24) is 15.6 Å². The molecule has 0 amide bonds. The molecule has 6 nitrogen and oxygen atoms in total. The van der Waals surface area contributed by atoms with Gasteiger partial charge in [0.25, 0.3) is 0 Å². The van der Waals surface area contributed by atoms with Crippen molar-refractivity contribution >= 4 is 17.3 Å². The zero-order chi connectivity index (χ0) is 19.6. The minimum absolute atomic E-state index is 0.101. The van der Waals surface area contributed by atoms with Crippen molar-refractivity contribution in [3.63, 3.8) is 0 Å². The monoisotopic (exact) mass is 398 g/mol. The van der Waals surface area contributed by atoms with Gasteiger partial charge in [-0.2, -0.15) is 8.78 Å². The third-order valence-electron chi connectivity index (χ3n) is 3.73. The number of methoxy groups -OCH3 is 1. The quantitative estimate of drug-likeness (QED) is 0.501. The molecule has 0 saturated heterocycles. The van der Waals surface area contributed by atoms with Crippen molar-refractivity contribution in [2.24, 2.45) is 4.99 Å². The van der Waals surface area contributed by atoms with Crippen molar-refractivity contribution in [2.75, 3.05) is 20.7 Å². The molecule has 148 valence electrons. The van der Waals surface area contributed by atoms with Crippen molar-refractivity contribution in [2.45, 2.75) is 32.9 Å². The molecule has 0 radical (unpaired) electrons. The first-order valence-electron chi connectivity index (χ1n) is 8.55. The molecular formula is C18H24F2N4O2S. The molecule has 0 fully saturated rings. The average Bonchev–Trinajstić information content (AvgIpc) is 3.13. The molecule has 2 aromatic rings. The number of aryl methyl sites for hydroxylation is 1. The van der Waals surface area contributed by atoms with Gasteiger partial charge in [-0.3, -0.25) is 4.99 Å². The number of nitrogens with one attached hydrogen (secondary N) is 2. The van der Waals surface area contributed by atoms with Gasteiger partial charge < -0.3 is 20.1 Å². The van der Waals surface area contributed by atoms with E-state index in [0.717, 1.165) is 17.8 Å². The highest BCUT2D eigenvalue weighted by molar-refractivity contribution is 7.11. The lowest BCUT2D eigenvalue weighted by atomic mass is 10.2. The maximum Gasteiger partial charge on any atom is 0.387 e. The normalized spacial score (nSPS) is 11.6. The summed E-state index contributed by atoms with van der Waals surface area (Å²) in [5.41, 5.74) is 0.546. The van der Waals surface area contributed by atoms with Crippen LogP contribution in [-0.4, -0.2) is 38.3 Å². The van der Waals surface area contributed by atoms with Crippen LogP contribution in [0.2, 0.25) is 0 Å². The second-order valence-electron chi connectivity index (χ2n) is 5.53. The van der Waals surface area contributed by atoms with E-state index in [4.69, 9.17) is 4.74 Å². The summed E-state index contributed by atoms with van der Waals surface area (Å²) in [4.78, 5) is 9.79. The third kappa shape index (κ3) is 6.67. The largest absolute Gasteiger partial charge is 0.497 e. The number of halogens is 2. The maximum atomic E-state index is 12.6. The van der Waals surface area contributed by atoms with Crippen LogP contribution in [0.1, 0.15) is 22.4 Å². The summed E-state index contributed by atoms with van der Waals surface area (Å²) in [7, 11) is 3.17. The van der Waals surface area contributed by atoms with Crippen LogP contribution in [0.3, 0.4) is 0 Å². The third-order valence-corrected chi connectivity index (χ3v) is 4.94. The minimum Gasteiger partial charge on any atom is -0.497 e. The average molecular weight is 398 g/mol. The van der Waals surface area contributed by atoms with Gasteiger partial charge in [-0.05, 0) is 24.6 Å². The fraction of sp³-hybridized carbons (Fsp3) is 0.444. The van der Waals surface area contributed by atoms with Crippen LogP contribution in [0.4, 0.5) is 8.78 Å². The summed E-state index contributed by atoms with van der Waals surface area (Å²) in [5.74, 6) is 1.23. The predicted octanol–water partition coefficient (Wildman–Crippen LogP) is 3.22. The Kier molecular flexibility index (Phi) is 8.25. The number of alkyl halides is 2. The Morgan fingerprint density at radius 1 is 1.33 bits per heavy atom. The molecule has 1 heterocycles. The van der Waals surface area contributed by atoms with Gasteiger partial charge in [0.15, 0.2) is 5.96 Å². The van der Waals surface area contributed by atoms with E-state index >= 15 is 0 Å². The van der Waals surface area contributed by atoms with Crippen molar-refractivity contribution in [3.8, 4) is 11.5 Å². The number of aromatic nitrogens is 1. The fourth-order valence-corrected chi connectivity index (χ4v) is 3.21. The van der Waals surface area contributed by atoms with Gasteiger partial charge in [0, 0.05) is 43.2 Å². The van der Waals surface area contributed by atoms with Gasteiger partial charge in [0.2, 0.25) is 0 Å². The highest BCUT2D eigenvalue weighted by Crippen LogP contribution is 2.25. The van der Waals surface area contributed by atoms with Gasteiger partial charge in [-0.25, -0.2) is 4.98 Å². The second-order valence-corrected chi connectivity index (χ2v) is 6.73. The molecule has 0 aliphatic rings. The topological polar surface area (TPSA) is 67.8 Å². The van der Waals surface area contributed by atoms with Crippen molar-refractivity contribution in [3.05, 3.63) is 39.8 Å². The van der Waals surface area contributed by atoms with E-state index in [1.165, 1.54) is 18.1 Å². The molecule has 9 heteroatoms. The Hall–Kier alpha value is -2.42. The summed E-state index contributed by atoms with van der Waals surface area (Å²) in [6, 6.07) is 4.69. The van der Waals surface area contributed by atoms with Crippen molar-refractivity contribution < 1.29 is 18.3 Å². The number of guanidine groups is 1. The van der Waals surface area contributed by atoms with Crippen LogP contribution in [0.25, 0.3) is 0 Å². The molecule has 0 saturated carbocycles. The highest BCUT2D eigenvalue weighted by atomic mass is 32.1. The van der Waals surface area contributed by atoms with Crippen LogP contribution in [0, 0.1) is 0 Å². The van der Waals surface area contributed by atoms with Gasteiger partial charge in [-0.15, -0.1) is 11.3 Å². The summed E-state index contributed by atoms with van der Waals surface area (Å²) in [5, 5.41) is 7.35. The predicted molar refractivity (Wildman–Crippen MR) is 103 cm³/mol. The van der Waals surface area contributed by atoms with E-state index in [0.29, 0.717) is 23.8 Å². The molecule has 2 rings (SSSR count). The lowest BCUT2D eigenvalue weighted by molar-refractivity contribution is -0.0504. The first kappa shape index (κ1) is 20.9. The molecule has 0 atom stereocenters. The number of thiazole rings is 1. The zero-order valence-electron chi connectivity index (χ0n) is 15.6. The molecule has 0 spiro atoms. The standard InChI is InChI=1S/C18H24F2N4O2S/c1-4-14-11-23-16(27-14)7-8-22-18(21-2)24-10-12-9-13(25-3)5-6-15(12)26-17(19)20/h5-6,9,11,17H,4,7-8,10H2,1-3H3,(H2,21,22,24). The van der Waals surface area contributed by atoms with E-state index in [2.05, 4.69) is 32.3 Å². The Balaban J connectivity index is 1.90. The van der Waals surface area contributed by atoms with Crippen LogP contribution < -0.4 is 20.1 Å². The fourth-order valence-electron chi connectivity index (χ4n) is 2.35. The Morgan fingerprint density at radius 3 is 2.78 bits per heavy atom. The van der Waals surface area contributed by atoms with Crippen molar-refractivity contribution in [1.29, 1.82) is 0 Å². The molecule has 1 aromatic heterocycles. The van der Waals surface area contributed by atoms with Gasteiger partial charge in [-0.1, -0.05) is 6.92 Å². The molecule has 0 bridgehead atoms. The number of ether oxygens (including phenoxy) is 2. The number of rotatable bonds is 9. The number of hydrogen-bond acceptors (Lipinski definition) is 5. The van der Waals surface area contributed by atoms with E-state index in [1.54, 1.807) is 30.5 Å². The summed E-state index contributed by atoms with van der Waals surface area (Å²) >= 11 is 1.70. The van der Waals surface area contributed by atoms with E-state index in [1.807, 2.05) is 6.20 Å². The zero-order valence-corrected chi connectivity index (χ0v) is 16.4. The van der Waals surface area contributed by atoms with Crippen LogP contribution in [-0.2, 0) is 19.4 Å². The number of aliphatic imine (C=N–C) groups is 1. The number of hydrogen-bond donors (Lipinski definition) is 2. The molecule has 0 unspecified atom stereocenters. The second kappa shape index (κ2) is 10.7. The van der Waals surface area contributed by atoms with Crippen LogP contribution >= 0.6 is 11.3 Å². The summed E-state index contributed by atoms with van der Waals surface area (Å²) < 4.78 is 34.9. The molecular weight excluding hydrogens is 374 g/mol. The van der Waals surface area contributed by atoms with E-state index in [9.17, 15) is 8.78 Å². The SMILES string of the molecule is CCc1cnc(CCNC(=NC)NCc2cc(OC)ccc2OC(F)F)s1. The highest BCUT2D eigenvalue weighted by Gasteiger charge is 2.11. The van der Waals surface area contributed by atoms with E-state index < -0.39 is 6.61 Å². The first-order valence-corrected chi connectivity index (χ1v) is 9.37. The Bertz CT molecular complexity index is 753. The molecule has 1 aromatic carbocycles. The molecule has 27 heavy (non-hydrogen) atoms. The minimum atomic E-state index is -2.89. The van der Waals surface area contributed by atoms with Crippen LogP contribution in [0.5, 0.6) is 11.5 Å². The number of benzene rings is 1. The van der Waals surface area contributed by atoms with Gasteiger partial charge >= 0.3 is 6.61 Å². The molecule has 0 aliphatic heterocycles. The smallest absolute Gasteiger partial charge is 0.387 e. The first-order chi connectivity index (χ1) is 13.0. The Morgan fingerprint density at radius 2 is 2.15 bits per heavy atom. The number of nitrogens with zero attached hydrogens (tertiary/aromatic N) is 2. The van der Waals surface area contributed by atoms with Gasteiger partial charge in [0.05, 0.1) is 12.1 Å². The Labute approximate surface area is 161 Å². The molecule has 0 aliphatic carbocycles. The maximum absolute atomic E-state index is 12.6. The summed E-state index contributed by atoms with van der Waals surface area (Å²) in [6.45, 7) is 0.137. The van der Waals surface area contributed by atoms with Crippen LogP contribution in [0.15, 0.2) is 29.4 Å².